The number of ether oxygens (including phenoxy) is 1. The lowest BCUT2D eigenvalue weighted by Gasteiger charge is -2.09. The van der Waals surface area contributed by atoms with Crippen LogP contribution in [-0.4, -0.2) is 17.5 Å². The summed E-state index contributed by atoms with van der Waals surface area (Å²) in [6.45, 7) is 2.31. The van der Waals surface area contributed by atoms with E-state index >= 15 is 0 Å². The fraction of sp³-hybridized carbons (Fsp3) is 0.118. The molecule has 0 atom stereocenters. The van der Waals surface area contributed by atoms with Crippen LogP contribution in [0.25, 0.3) is 11.0 Å². The molecule has 3 rings (SSSR count). The molecule has 0 aliphatic carbocycles. The number of benzene rings is 1. The zero-order chi connectivity index (χ0) is 18.0. The Labute approximate surface area is 152 Å². The van der Waals surface area contributed by atoms with Gasteiger partial charge in [0.05, 0.1) is 22.2 Å². The average Bonchev–Trinajstić information content (AvgIpc) is 2.56. The molecule has 3 aromatic rings. The second-order valence-electron chi connectivity index (χ2n) is 5.01. The molecule has 0 unspecified atom stereocenters. The Kier molecular flexibility index (Phi) is 4.92. The number of amides is 1. The highest BCUT2D eigenvalue weighted by Crippen LogP contribution is 2.26. The Bertz CT molecular complexity index is 1020. The van der Waals surface area contributed by atoms with E-state index in [9.17, 15) is 9.59 Å². The molecule has 0 aliphatic heterocycles. The van der Waals surface area contributed by atoms with E-state index in [1.807, 2.05) is 6.92 Å². The molecule has 0 bridgehead atoms. The van der Waals surface area contributed by atoms with Crippen LogP contribution in [0.1, 0.15) is 17.3 Å². The van der Waals surface area contributed by atoms with Gasteiger partial charge in [-0.1, -0.05) is 23.2 Å². The number of hydrogen-bond acceptors (Lipinski definition) is 5. The summed E-state index contributed by atoms with van der Waals surface area (Å²) >= 11 is 11.8. The molecule has 1 amide bonds. The van der Waals surface area contributed by atoms with Crippen LogP contribution in [0.15, 0.2) is 45.7 Å². The molecule has 1 N–H and O–H groups in total. The standard InChI is InChI=1S/C17H12Cl2N2O4/c1-2-24-10-3-4-11-12(7-15(22)25-14(11)6-10)17(23)21-16-13(19)5-9(18)8-20-16/h3-8H,2H2,1H3,(H,20,21,23). The number of hydrogen-bond donors (Lipinski definition) is 1. The van der Waals surface area contributed by atoms with Crippen molar-refractivity contribution in [2.45, 2.75) is 6.92 Å². The molecule has 8 heteroatoms. The summed E-state index contributed by atoms with van der Waals surface area (Å²) in [5, 5.41) is 3.56. The molecular weight excluding hydrogens is 367 g/mol. The largest absolute Gasteiger partial charge is 0.494 e. The minimum atomic E-state index is -0.651. The topological polar surface area (TPSA) is 81.4 Å². The number of nitrogens with one attached hydrogen (secondary N) is 1. The van der Waals surface area contributed by atoms with E-state index in [2.05, 4.69) is 10.3 Å². The van der Waals surface area contributed by atoms with Gasteiger partial charge in [-0.15, -0.1) is 0 Å². The van der Waals surface area contributed by atoms with Crippen LogP contribution in [0.4, 0.5) is 5.82 Å². The molecule has 0 spiro atoms. The van der Waals surface area contributed by atoms with Gasteiger partial charge in [-0.05, 0) is 25.1 Å². The number of anilines is 1. The number of halogens is 2. The van der Waals surface area contributed by atoms with Crippen LogP contribution < -0.4 is 15.7 Å². The summed E-state index contributed by atoms with van der Waals surface area (Å²) in [6.07, 6.45) is 1.36. The Hall–Kier alpha value is -2.57. The van der Waals surface area contributed by atoms with Crippen LogP contribution in [-0.2, 0) is 0 Å². The minimum absolute atomic E-state index is 0.141. The van der Waals surface area contributed by atoms with Crippen molar-refractivity contribution in [1.82, 2.24) is 4.98 Å². The van der Waals surface area contributed by atoms with Crippen molar-refractivity contribution in [3.63, 3.8) is 0 Å². The summed E-state index contributed by atoms with van der Waals surface area (Å²) in [5.74, 6) is 0.139. The van der Waals surface area contributed by atoms with Crippen molar-refractivity contribution in [2.75, 3.05) is 11.9 Å². The van der Waals surface area contributed by atoms with Crippen LogP contribution in [0.2, 0.25) is 10.0 Å². The molecule has 0 radical (unpaired) electrons. The molecule has 6 nitrogen and oxygen atoms in total. The molecule has 2 aromatic heterocycles. The SMILES string of the molecule is CCOc1ccc2c(C(=O)Nc3ncc(Cl)cc3Cl)cc(=O)oc2c1. The molecule has 0 aliphatic rings. The first-order chi connectivity index (χ1) is 12.0. The van der Waals surface area contributed by atoms with Gasteiger partial charge < -0.3 is 14.5 Å². The number of fused-ring (bicyclic) bond motifs is 1. The third-order valence-electron chi connectivity index (χ3n) is 3.31. The van der Waals surface area contributed by atoms with E-state index in [-0.39, 0.29) is 22.0 Å². The summed E-state index contributed by atoms with van der Waals surface area (Å²) in [6, 6.07) is 7.47. The lowest BCUT2D eigenvalue weighted by Crippen LogP contribution is -2.16. The van der Waals surface area contributed by atoms with Gasteiger partial charge in [0.2, 0.25) is 0 Å². The zero-order valence-corrected chi connectivity index (χ0v) is 14.5. The van der Waals surface area contributed by atoms with E-state index in [0.717, 1.165) is 6.07 Å². The number of rotatable bonds is 4. The molecule has 25 heavy (non-hydrogen) atoms. The lowest BCUT2D eigenvalue weighted by atomic mass is 10.1. The van der Waals surface area contributed by atoms with Crippen LogP contribution in [0.3, 0.4) is 0 Å². The molecule has 0 fully saturated rings. The maximum absolute atomic E-state index is 12.6. The number of pyridine rings is 1. The number of carbonyl (C=O) groups excluding carboxylic acids is 1. The first kappa shape index (κ1) is 17.3. The van der Waals surface area contributed by atoms with Crippen molar-refractivity contribution in [1.29, 1.82) is 0 Å². The van der Waals surface area contributed by atoms with Gasteiger partial charge in [0.1, 0.15) is 11.3 Å². The third-order valence-corrected chi connectivity index (χ3v) is 3.81. The fourth-order valence-electron chi connectivity index (χ4n) is 2.27. The third kappa shape index (κ3) is 3.75. The van der Waals surface area contributed by atoms with Crippen molar-refractivity contribution in [2.24, 2.45) is 0 Å². The summed E-state index contributed by atoms with van der Waals surface area (Å²) in [4.78, 5) is 28.3. The first-order valence-corrected chi connectivity index (χ1v) is 8.06. The van der Waals surface area contributed by atoms with Gasteiger partial charge in [-0.2, -0.15) is 0 Å². The minimum Gasteiger partial charge on any atom is -0.494 e. The summed E-state index contributed by atoms with van der Waals surface area (Å²) in [5.41, 5.74) is -0.262. The van der Waals surface area contributed by atoms with Gasteiger partial charge in [0, 0.05) is 23.7 Å². The second-order valence-corrected chi connectivity index (χ2v) is 5.85. The second kappa shape index (κ2) is 7.13. The normalized spacial score (nSPS) is 10.7. The number of carbonyl (C=O) groups is 1. The Morgan fingerprint density at radius 3 is 2.80 bits per heavy atom. The monoisotopic (exact) mass is 378 g/mol. The van der Waals surface area contributed by atoms with Crippen molar-refractivity contribution in [3.05, 3.63) is 62.6 Å². The highest BCUT2D eigenvalue weighted by atomic mass is 35.5. The van der Waals surface area contributed by atoms with Crippen molar-refractivity contribution < 1.29 is 13.9 Å². The number of nitrogens with zero attached hydrogens (tertiary/aromatic N) is 1. The van der Waals surface area contributed by atoms with Crippen molar-refractivity contribution in [3.8, 4) is 5.75 Å². The summed E-state index contributed by atoms with van der Waals surface area (Å²) < 4.78 is 10.5. The van der Waals surface area contributed by atoms with E-state index < -0.39 is 11.5 Å². The Balaban J connectivity index is 2.02. The van der Waals surface area contributed by atoms with Crippen molar-refractivity contribution >= 4 is 45.9 Å². The quantitative estimate of drug-likeness (QED) is 0.689. The molecule has 0 saturated carbocycles. The van der Waals surface area contributed by atoms with Gasteiger partial charge in [0.15, 0.2) is 5.82 Å². The predicted molar refractivity (Wildman–Crippen MR) is 95.9 cm³/mol. The van der Waals surface area contributed by atoms with E-state index in [4.69, 9.17) is 32.4 Å². The highest BCUT2D eigenvalue weighted by molar-refractivity contribution is 6.36. The van der Waals surface area contributed by atoms with Crippen LogP contribution >= 0.6 is 23.2 Å². The fourth-order valence-corrected chi connectivity index (χ4v) is 2.70. The Morgan fingerprint density at radius 2 is 2.08 bits per heavy atom. The van der Waals surface area contributed by atoms with Gasteiger partial charge in [0.25, 0.3) is 5.91 Å². The zero-order valence-electron chi connectivity index (χ0n) is 13.0. The highest BCUT2D eigenvalue weighted by Gasteiger charge is 2.16. The number of aromatic nitrogens is 1. The maximum atomic E-state index is 12.6. The van der Waals surface area contributed by atoms with Gasteiger partial charge in [-0.25, -0.2) is 9.78 Å². The average molecular weight is 379 g/mol. The summed E-state index contributed by atoms with van der Waals surface area (Å²) in [7, 11) is 0. The first-order valence-electron chi connectivity index (χ1n) is 7.31. The van der Waals surface area contributed by atoms with Gasteiger partial charge in [-0.3, -0.25) is 4.79 Å². The predicted octanol–water partition coefficient (Wildman–Crippen LogP) is 4.15. The maximum Gasteiger partial charge on any atom is 0.337 e. The van der Waals surface area contributed by atoms with E-state index in [1.54, 1.807) is 18.2 Å². The molecule has 0 saturated heterocycles. The van der Waals surface area contributed by atoms with E-state index in [0.29, 0.717) is 22.8 Å². The molecular formula is C17H12Cl2N2O4. The van der Waals surface area contributed by atoms with E-state index in [1.165, 1.54) is 12.3 Å². The smallest absolute Gasteiger partial charge is 0.337 e. The van der Waals surface area contributed by atoms with Crippen LogP contribution in [0, 0.1) is 0 Å². The van der Waals surface area contributed by atoms with Crippen LogP contribution in [0.5, 0.6) is 5.75 Å². The van der Waals surface area contributed by atoms with Gasteiger partial charge >= 0.3 is 5.63 Å². The molecule has 128 valence electrons. The lowest BCUT2D eigenvalue weighted by molar-refractivity contribution is 0.102. The molecule has 1 aromatic carbocycles. The molecule has 2 heterocycles. The Morgan fingerprint density at radius 1 is 1.28 bits per heavy atom.